The zero-order chi connectivity index (χ0) is 59.4. The fourth-order valence-electron chi connectivity index (χ4n) is 10.5. The summed E-state index contributed by atoms with van der Waals surface area (Å²) in [4.78, 5) is 0. The predicted molar refractivity (Wildman–Crippen MR) is 329 cm³/mol. The van der Waals surface area contributed by atoms with Crippen LogP contribution in [0, 0.1) is 0 Å². The lowest BCUT2D eigenvalue weighted by atomic mass is 9.77. The van der Waals surface area contributed by atoms with Crippen molar-refractivity contribution in [1.82, 2.24) is 0 Å². The van der Waals surface area contributed by atoms with Crippen molar-refractivity contribution in [2.75, 3.05) is 0 Å². The summed E-state index contributed by atoms with van der Waals surface area (Å²) in [5.41, 5.74) is 13.4. The van der Waals surface area contributed by atoms with Gasteiger partial charge in [0.2, 0.25) is 0 Å². The predicted octanol–water partition coefficient (Wildman–Crippen LogP) is 18.3. The van der Waals surface area contributed by atoms with Gasteiger partial charge in [0, 0.05) is 19.3 Å². The molecule has 0 amide bonds. The van der Waals surface area contributed by atoms with Crippen molar-refractivity contribution < 1.29 is 30.6 Å². The number of aromatic hydroxyl groups is 6. The Morgan fingerprint density at radius 1 is 0.231 bits per heavy atom. The van der Waals surface area contributed by atoms with E-state index in [0.29, 0.717) is 54.4 Å². The maximum absolute atomic E-state index is 12.2. The van der Waals surface area contributed by atoms with Crippen LogP contribution in [0.4, 0.5) is 0 Å². The molecule has 0 unspecified atom stereocenters. The highest BCUT2D eigenvalue weighted by Crippen LogP contribution is 2.46. The maximum Gasteiger partial charge on any atom is 0.123 e. The molecule has 0 heterocycles. The van der Waals surface area contributed by atoms with Crippen LogP contribution < -0.4 is 0 Å². The zero-order valence-electron chi connectivity index (χ0n) is 52.6. The van der Waals surface area contributed by atoms with Crippen LogP contribution in [0.3, 0.4) is 0 Å². The molecule has 0 aliphatic carbocycles. The minimum absolute atomic E-state index is 0.140. The maximum atomic E-state index is 12.2. The summed E-state index contributed by atoms with van der Waals surface area (Å²) in [6.45, 7) is 51.0. The van der Waals surface area contributed by atoms with Gasteiger partial charge in [0.25, 0.3) is 0 Å². The van der Waals surface area contributed by atoms with Crippen molar-refractivity contribution in [3.8, 4) is 34.5 Å². The minimum Gasteiger partial charge on any atom is -0.508 e. The van der Waals surface area contributed by atoms with Crippen LogP contribution in [0.1, 0.15) is 255 Å². The molecule has 78 heavy (non-hydrogen) atoms. The largest absolute Gasteiger partial charge is 0.508 e. The van der Waals surface area contributed by atoms with Crippen LogP contribution >= 0.6 is 0 Å². The second-order valence-corrected chi connectivity index (χ2v) is 30.8. The van der Waals surface area contributed by atoms with E-state index < -0.39 is 0 Å². The summed E-state index contributed by atoms with van der Waals surface area (Å²) >= 11 is 0. The molecule has 0 saturated carbocycles. The standard InChI is InChI=1S/C51H72O4.C21H28O2/c1-46(2,3)36-24-31(25-37(43(36)53)47(4,5)6)19-30-20-34(22-32-26-38(48(7,8)9)44(54)39(27-32)49(10,11)12)42(52)35(21-30)23-33-28-40(50(13,14)15)45(55)41(29-33)51(16,17)18;1-20(2,3)16-12-14(11-15-9-7-8-10-18(15)22)13-17(19(16)23)21(4,5)6/h20-21,24-29,52-55H,19,22-23H2,1-18H3;7-10,12-13,22-23H,11H2,1-6H3. The summed E-state index contributed by atoms with van der Waals surface area (Å²) in [7, 11) is 0. The second-order valence-electron chi connectivity index (χ2n) is 30.8. The van der Waals surface area contributed by atoms with Gasteiger partial charge in [-0.2, -0.15) is 0 Å². The van der Waals surface area contributed by atoms with E-state index in [4.69, 9.17) is 0 Å². The summed E-state index contributed by atoms with van der Waals surface area (Å²) in [5, 5.41) is 67.5. The molecule has 0 bridgehead atoms. The van der Waals surface area contributed by atoms with Gasteiger partial charge in [-0.1, -0.05) is 245 Å². The van der Waals surface area contributed by atoms with Crippen LogP contribution in [-0.2, 0) is 69.0 Å². The van der Waals surface area contributed by atoms with Gasteiger partial charge in [-0.15, -0.1) is 0 Å². The monoisotopic (exact) mass is 1060 g/mol. The Bertz CT molecular complexity index is 2880. The quantitative estimate of drug-likeness (QED) is 0.0903. The number of phenolic OH excluding ortho intramolecular Hbond substituents is 6. The molecule has 0 aliphatic rings. The van der Waals surface area contributed by atoms with Crippen LogP contribution in [0.2, 0.25) is 0 Å². The third kappa shape index (κ3) is 15.1. The van der Waals surface area contributed by atoms with Crippen LogP contribution in [0.15, 0.2) is 84.9 Å². The first-order chi connectivity index (χ1) is 35.2. The highest BCUT2D eigenvalue weighted by Gasteiger charge is 2.32. The van der Waals surface area contributed by atoms with Crippen LogP contribution in [0.5, 0.6) is 34.5 Å². The van der Waals surface area contributed by atoms with Gasteiger partial charge >= 0.3 is 0 Å². The molecule has 0 radical (unpaired) electrons. The number of hydrogen-bond acceptors (Lipinski definition) is 6. The molecular formula is C72H100O6. The number of para-hydroxylation sites is 1. The first-order valence-corrected chi connectivity index (χ1v) is 28.3. The lowest BCUT2D eigenvalue weighted by Gasteiger charge is -2.29. The molecule has 6 N–H and O–H groups in total. The van der Waals surface area contributed by atoms with Crippen LogP contribution in [-0.4, -0.2) is 30.6 Å². The van der Waals surface area contributed by atoms with Crippen molar-refractivity contribution in [3.05, 3.63) is 174 Å². The molecule has 6 rings (SSSR count). The van der Waals surface area contributed by atoms with Gasteiger partial charge < -0.3 is 30.6 Å². The van der Waals surface area contributed by atoms with Crippen molar-refractivity contribution in [1.29, 1.82) is 0 Å². The third-order valence-electron chi connectivity index (χ3n) is 15.1. The second kappa shape index (κ2) is 22.0. The van der Waals surface area contributed by atoms with E-state index in [0.717, 1.165) is 89.0 Å². The Kier molecular flexibility index (Phi) is 17.7. The molecule has 0 spiro atoms. The van der Waals surface area contributed by atoms with E-state index in [2.05, 4.69) is 227 Å². The number of hydrogen-bond donors (Lipinski definition) is 6. The highest BCUT2D eigenvalue weighted by atomic mass is 16.3. The Morgan fingerprint density at radius 3 is 0.641 bits per heavy atom. The molecular weight excluding hydrogens is 961 g/mol. The number of rotatable bonds is 8. The molecule has 0 saturated heterocycles. The topological polar surface area (TPSA) is 121 Å². The van der Waals surface area contributed by atoms with Crippen molar-refractivity contribution >= 4 is 0 Å². The van der Waals surface area contributed by atoms with E-state index in [9.17, 15) is 30.6 Å². The third-order valence-corrected chi connectivity index (χ3v) is 15.1. The summed E-state index contributed by atoms with van der Waals surface area (Å²) in [6, 6.07) is 28.5. The smallest absolute Gasteiger partial charge is 0.123 e. The lowest BCUT2D eigenvalue weighted by Crippen LogP contribution is -2.18. The molecule has 424 valence electrons. The molecule has 0 aromatic heterocycles. The van der Waals surface area contributed by atoms with Crippen LogP contribution in [0.25, 0.3) is 0 Å². The molecule has 6 heteroatoms. The van der Waals surface area contributed by atoms with Gasteiger partial charge in [0.15, 0.2) is 0 Å². The van der Waals surface area contributed by atoms with E-state index in [1.807, 2.05) is 18.2 Å². The van der Waals surface area contributed by atoms with Crippen molar-refractivity contribution in [3.63, 3.8) is 0 Å². The average Bonchev–Trinajstić information content (AvgIpc) is 3.25. The Morgan fingerprint density at radius 2 is 0.423 bits per heavy atom. The van der Waals surface area contributed by atoms with E-state index in [1.54, 1.807) is 6.07 Å². The molecule has 6 nitrogen and oxygen atoms in total. The zero-order valence-corrected chi connectivity index (χ0v) is 52.6. The summed E-state index contributed by atoms with van der Waals surface area (Å²) < 4.78 is 0. The Labute approximate surface area is 472 Å². The number of phenols is 6. The molecule has 6 aromatic carbocycles. The van der Waals surface area contributed by atoms with E-state index >= 15 is 0 Å². The lowest BCUT2D eigenvalue weighted by molar-refractivity contribution is 0.421. The first kappa shape index (κ1) is 63.0. The number of benzene rings is 6. The SMILES string of the molecule is CC(C)(C)c1cc(Cc2cc(Cc3cc(C(C)(C)C)c(O)c(C(C)(C)C)c3)c(O)c(Cc3cc(C(C)(C)C)c(O)c(C(C)(C)C)c3)c2)cc(C(C)(C)C)c1O.CC(C)(C)c1cc(Cc2ccccc2O)cc(C(C)(C)C)c1O. The Balaban J connectivity index is 0.000000404. The summed E-state index contributed by atoms with van der Waals surface area (Å²) in [5.74, 6) is 2.03. The fourth-order valence-corrected chi connectivity index (χ4v) is 10.5. The molecule has 6 aromatic rings. The normalized spacial score (nSPS) is 13.1. The van der Waals surface area contributed by atoms with Crippen molar-refractivity contribution in [2.45, 2.75) is 235 Å². The van der Waals surface area contributed by atoms with Gasteiger partial charge in [0.1, 0.15) is 34.5 Å². The molecule has 0 fully saturated rings. The van der Waals surface area contributed by atoms with Gasteiger partial charge in [-0.25, -0.2) is 0 Å². The average molecular weight is 1060 g/mol. The van der Waals surface area contributed by atoms with E-state index in [-0.39, 0.29) is 49.1 Å². The van der Waals surface area contributed by atoms with Gasteiger partial charge in [-0.05, 0) is 145 Å². The fraction of sp³-hybridized carbons (Fsp3) is 0.500. The van der Waals surface area contributed by atoms with Gasteiger partial charge in [0.05, 0.1) is 0 Å². The van der Waals surface area contributed by atoms with Gasteiger partial charge in [-0.3, -0.25) is 0 Å². The summed E-state index contributed by atoms with van der Waals surface area (Å²) in [6.07, 6.45) is 2.26. The molecule has 0 aliphatic heterocycles. The van der Waals surface area contributed by atoms with E-state index in [1.165, 1.54) is 0 Å². The first-order valence-electron chi connectivity index (χ1n) is 28.3. The Hall–Kier alpha value is -5.88. The molecule has 0 atom stereocenters. The minimum atomic E-state index is -0.280. The van der Waals surface area contributed by atoms with Crippen molar-refractivity contribution in [2.24, 2.45) is 0 Å². The highest BCUT2D eigenvalue weighted by molar-refractivity contribution is 5.57.